The molecule has 2 aromatic carbocycles. The lowest BCUT2D eigenvalue weighted by atomic mass is 10.1. The van der Waals surface area contributed by atoms with Gasteiger partial charge in [-0.3, -0.25) is 4.90 Å². The highest BCUT2D eigenvalue weighted by molar-refractivity contribution is 7.22. The van der Waals surface area contributed by atoms with Crippen LogP contribution in [0.4, 0.5) is 14.9 Å². The van der Waals surface area contributed by atoms with Crippen molar-refractivity contribution in [3.05, 3.63) is 59.7 Å². The lowest BCUT2D eigenvalue weighted by Gasteiger charge is -2.20. The number of fused-ring (bicyclic) bond motifs is 4. The molecule has 12 heteroatoms. The molecular formula is C27H22FN5O5S. The number of nitrogens with zero attached hydrogens (tertiary/aromatic N) is 5. The average Bonchev–Trinajstić information content (AvgIpc) is 3.56. The second kappa shape index (κ2) is 9.62. The van der Waals surface area contributed by atoms with Crippen LogP contribution >= 0.6 is 11.3 Å². The van der Waals surface area contributed by atoms with E-state index < -0.39 is 18.2 Å². The molecule has 0 radical (unpaired) electrons. The summed E-state index contributed by atoms with van der Waals surface area (Å²) in [5, 5.41) is 0.665. The summed E-state index contributed by atoms with van der Waals surface area (Å²) in [4.78, 5) is 31.9. The maximum absolute atomic E-state index is 15.1. The van der Waals surface area contributed by atoms with Gasteiger partial charge in [-0.25, -0.2) is 29.1 Å². The van der Waals surface area contributed by atoms with Crippen LogP contribution in [0.25, 0.3) is 31.8 Å². The summed E-state index contributed by atoms with van der Waals surface area (Å²) in [5.41, 5.74) is 4.70. The van der Waals surface area contributed by atoms with Gasteiger partial charge in [-0.2, -0.15) is 0 Å². The average molecular weight is 548 g/mol. The molecule has 6 rings (SSSR count). The van der Waals surface area contributed by atoms with Gasteiger partial charge in [0.2, 0.25) is 11.8 Å². The van der Waals surface area contributed by atoms with Gasteiger partial charge in [-0.05, 0) is 30.7 Å². The van der Waals surface area contributed by atoms with Gasteiger partial charge in [0, 0.05) is 36.5 Å². The second-order valence-corrected chi connectivity index (χ2v) is 9.88. The molecule has 0 spiro atoms. The third kappa shape index (κ3) is 4.42. The van der Waals surface area contributed by atoms with Crippen molar-refractivity contribution in [3.8, 4) is 28.1 Å². The monoisotopic (exact) mass is 547 g/mol. The number of carbonyl (C=O) groups excluding carboxylic acids is 1. The fourth-order valence-electron chi connectivity index (χ4n) is 4.44. The fourth-order valence-corrected chi connectivity index (χ4v) is 5.55. The Morgan fingerprint density at radius 2 is 1.92 bits per heavy atom. The first-order chi connectivity index (χ1) is 18.8. The quantitative estimate of drug-likeness (QED) is 0.290. The maximum Gasteiger partial charge on any atom is 0.417 e. The van der Waals surface area contributed by atoms with Crippen LogP contribution in [-0.2, 0) is 11.2 Å². The second-order valence-electron chi connectivity index (χ2n) is 8.88. The van der Waals surface area contributed by atoms with Crippen molar-refractivity contribution in [1.82, 2.24) is 19.9 Å². The highest BCUT2D eigenvalue weighted by Crippen LogP contribution is 2.43. The third-order valence-electron chi connectivity index (χ3n) is 6.33. The molecule has 39 heavy (non-hydrogen) atoms. The normalized spacial score (nSPS) is 14.2. The minimum Gasteiger partial charge on any atom is -0.481 e. The van der Waals surface area contributed by atoms with Crippen molar-refractivity contribution in [2.45, 2.75) is 19.6 Å². The molecule has 1 amide bonds. The molecule has 10 nitrogen and oxygen atoms in total. The number of rotatable bonds is 5. The number of ether oxygens (including phenoxy) is 4. The topological polar surface area (TPSA) is 109 Å². The van der Waals surface area contributed by atoms with E-state index in [9.17, 15) is 4.79 Å². The molecule has 0 aliphatic carbocycles. The van der Waals surface area contributed by atoms with Gasteiger partial charge < -0.3 is 18.9 Å². The minimum atomic E-state index is -0.998. The number of amides is 1. The van der Waals surface area contributed by atoms with Crippen molar-refractivity contribution in [2.24, 2.45) is 0 Å². The van der Waals surface area contributed by atoms with E-state index in [0.29, 0.717) is 44.6 Å². The van der Waals surface area contributed by atoms with Crippen LogP contribution in [0, 0.1) is 12.7 Å². The van der Waals surface area contributed by atoms with Gasteiger partial charge in [-0.15, -0.1) is 11.3 Å². The van der Waals surface area contributed by atoms with Gasteiger partial charge in [-0.1, -0.05) is 0 Å². The van der Waals surface area contributed by atoms with E-state index in [-0.39, 0.29) is 12.2 Å². The zero-order valence-electron chi connectivity index (χ0n) is 21.4. The minimum absolute atomic E-state index is 0.0577. The first kappa shape index (κ1) is 24.7. The Morgan fingerprint density at radius 1 is 1.10 bits per heavy atom. The van der Waals surface area contributed by atoms with Gasteiger partial charge in [0.25, 0.3) is 6.29 Å². The smallest absolute Gasteiger partial charge is 0.417 e. The van der Waals surface area contributed by atoms with E-state index in [0.717, 1.165) is 15.8 Å². The molecule has 0 saturated carbocycles. The summed E-state index contributed by atoms with van der Waals surface area (Å²) in [6.07, 6.45) is 1.59. The number of anilines is 1. The number of thiazole rings is 1. The van der Waals surface area contributed by atoms with Crippen LogP contribution < -0.4 is 19.1 Å². The Balaban J connectivity index is 1.31. The molecule has 0 fully saturated rings. The Kier molecular flexibility index (Phi) is 6.10. The molecule has 0 bridgehead atoms. The van der Waals surface area contributed by atoms with Crippen molar-refractivity contribution in [3.63, 3.8) is 0 Å². The zero-order chi connectivity index (χ0) is 27.3. The van der Waals surface area contributed by atoms with Crippen LogP contribution in [0.2, 0.25) is 0 Å². The SMILES string of the molecule is COc1cc(N(C)C(=O)O[C@@H]2Cc3c(c(F)cc4nc(-c5cc(C)cc6nc(OC)cnc56)sc34)O2)ccn1. The molecule has 4 heterocycles. The molecule has 0 N–H and O–H groups in total. The molecule has 1 aliphatic rings. The summed E-state index contributed by atoms with van der Waals surface area (Å²) in [5.74, 6) is 0.254. The van der Waals surface area contributed by atoms with Crippen LogP contribution in [0.5, 0.6) is 17.5 Å². The van der Waals surface area contributed by atoms with E-state index in [1.54, 1.807) is 25.4 Å². The van der Waals surface area contributed by atoms with Crippen molar-refractivity contribution in [1.29, 1.82) is 0 Å². The molecule has 5 aromatic rings. The lowest BCUT2D eigenvalue weighted by molar-refractivity contribution is -0.0144. The lowest BCUT2D eigenvalue weighted by Crippen LogP contribution is -2.32. The van der Waals surface area contributed by atoms with Gasteiger partial charge >= 0.3 is 6.09 Å². The van der Waals surface area contributed by atoms with E-state index >= 15 is 4.39 Å². The molecule has 1 aliphatic heterocycles. The molecule has 0 unspecified atom stereocenters. The van der Waals surface area contributed by atoms with E-state index in [4.69, 9.17) is 23.9 Å². The zero-order valence-corrected chi connectivity index (χ0v) is 22.2. The summed E-state index contributed by atoms with van der Waals surface area (Å²) in [6.45, 7) is 1.96. The van der Waals surface area contributed by atoms with Crippen molar-refractivity contribution in [2.75, 3.05) is 26.2 Å². The predicted molar refractivity (Wildman–Crippen MR) is 143 cm³/mol. The number of aryl methyl sites for hydroxylation is 1. The number of carbonyl (C=O) groups is 1. The van der Waals surface area contributed by atoms with Crippen LogP contribution in [0.3, 0.4) is 0 Å². The van der Waals surface area contributed by atoms with E-state index in [1.165, 1.54) is 42.7 Å². The third-order valence-corrected chi connectivity index (χ3v) is 7.50. The predicted octanol–water partition coefficient (Wildman–Crippen LogP) is 5.30. The number of methoxy groups -OCH3 is 2. The molecule has 1 atom stereocenters. The van der Waals surface area contributed by atoms with Crippen molar-refractivity contribution >= 4 is 44.4 Å². The van der Waals surface area contributed by atoms with Crippen LogP contribution in [-0.4, -0.2) is 53.6 Å². The van der Waals surface area contributed by atoms with E-state index in [1.807, 2.05) is 19.1 Å². The standard InChI is InChI=1S/C27H22FN5O5S/c1-13-7-15(23-18(8-13)31-21(36-4)12-30-23)26-32-19-11-17(28)24-16(25(19)39-26)10-22(37-24)38-27(34)33(2)14-5-6-29-20(9-14)35-3/h5-9,11-12,22H,10H2,1-4H3/t22-/m1/s1. The summed E-state index contributed by atoms with van der Waals surface area (Å²) in [6, 6.07) is 8.47. The van der Waals surface area contributed by atoms with Gasteiger partial charge in [0.05, 0.1) is 53.8 Å². The Bertz CT molecular complexity index is 1760. The van der Waals surface area contributed by atoms with Crippen LogP contribution in [0.15, 0.2) is 42.7 Å². The summed E-state index contributed by atoms with van der Waals surface area (Å²) < 4.78 is 37.5. The maximum atomic E-state index is 15.1. The van der Waals surface area contributed by atoms with Crippen LogP contribution in [0.1, 0.15) is 11.1 Å². The molecule has 3 aromatic heterocycles. The molecule has 198 valence electrons. The fraction of sp³-hybridized carbons (Fsp3) is 0.222. The number of pyridine rings is 1. The Hall–Kier alpha value is -4.58. The summed E-state index contributed by atoms with van der Waals surface area (Å²) in [7, 11) is 4.58. The number of halogens is 1. The highest BCUT2D eigenvalue weighted by Gasteiger charge is 2.33. The number of benzene rings is 2. The molecule has 0 saturated heterocycles. The number of aromatic nitrogens is 4. The number of hydrogen-bond acceptors (Lipinski definition) is 10. The first-order valence-corrected chi connectivity index (χ1v) is 12.7. The van der Waals surface area contributed by atoms with Gasteiger partial charge in [0.1, 0.15) is 5.01 Å². The highest BCUT2D eigenvalue weighted by atomic mass is 32.1. The molecular weight excluding hydrogens is 525 g/mol. The Labute approximate surface area is 226 Å². The largest absolute Gasteiger partial charge is 0.481 e. The van der Waals surface area contributed by atoms with Crippen molar-refractivity contribution < 1.29 is 28.1 Å². The Morgan fingerprint density at radius 3 is 2.72 bits per heavy atom. The number of hydrogen-bond donors (Lipinski definition) is 0. The summed E-state index contributed by atoms with van der Waals surface area (Å²) >= 11 is 1.40. The van der Waals surface area contributed by atoms with Gasteiger partial charge in [0.15, 0.2) is 11.6 Å². The first-order valence-electron chi connectivity index (χ1n) is 11.9. The van der Waals surface area contributed by atoms with E-state index in [2.05, 4.69) is 15.0 Å².